The zero-order valence-corrected chi connectivity index (χ0v) is 17.5. The van der Waals surface area contributed by atoms with E-state index in [-0.39, 0.29) is 12.2 Å². The number of fused-ring (bicyclic) bond motifs is 2. The number of hydrogen-bond donors (Lipinski definition) is 1. The van der Waals surface area contributed by atoms with Gasteiger partial charge in [-0.1, -0.05) is 24.3 Å². The molecule has 1 spiro atoms. The van der Waals surface area contributed by atoms with Gasteiger partial charge in [-0.3, -0.25) is 9.59 Å². The minimum absolute atomic E-state index is 0.0568. The van der Waals surface area contributed by atoms with Crippen LogP contribution in [-0.4, -0.2) is 66.2 Å². The maximum atomic E-state index is 12.5. The van der Waals surface area contributed by atoms with Gasteiger partial charge in [0, 0.05) is 49.4 Å². The highest BCUT2D eigenvalue weighted by atomic mass is 32.2. The summed E-state index contributed by atoms with van der Waals surface area (Å²) < 4.78 is 12.1. The summed E-state index contributed by atoms with van der Waals surface area (Å²) in [6.07, 6.45) is 2.94. The maximum absolute atomic E-state index is 12.5. The third kappa shape index (κ3) is 3.41. The number of rotatable bonds is 1. The molecule has 4 aliphatic rings. The van der Waals surface area contributed by atoms with Gasteiger partial charge in [0.05, 0.1) is 0 Å². The number of thioether (sulfide) groups is 1. The van der Waals surface area contributed by atoms with Crippen molar-refractivity contribution < 1.29 is 23.9 Å². The lowest BCUT2D eigenvalue weighted by atomic mass is 9.90. The average molecular weight is 429 g/mol. The molecule has 1 amide bonds. The Hall–Kier alpha value is -2.32. The molecule has 1 aromatic carbocycles. The Morgan fingerprint density at radius 2 is 1.93 bits per heavy atom. The molecule has 30 heavy (non-hydrogen) atoms. The normalized spacial score (nSPS) is 25.5. The number of nitrogens with one attached hydrogen (secondary N) is 1. The van der Waals surface area contributed by atoms with Crippen molar-refractivity contribution in [3.05, 3.63) is 40.3 Å². The first kappa shape index (κ1) is 19.6. The molecule has 3 aliphatic heterocycles. The van der Waals surface area contributed by atoms with E-state index >= 15 is 0 Å². The molecule has 5 rings (SSSR count). The van der Waals surface area contributed by atoms with Crippen molar-refractivity contribution in [3.63, 3.8) is 0 Å². The third-order valence-electron chi connectivity index (χ3n) is 6.29. The number of Topliss-reactive ketones (excluding diaryl/α,β-unsaturated/α-hetero) is 2. The SMILES string of the molecule is O=C1C(=O)c2ccccc2C2=C1SCC1(CCN(C(=O)OC3CCCNC3)CC1)O2. The first-order valence-corrected chi connectivity index (χ1v) is 11.5. The molecule has 1 atom stereocenters. The molecule has 3 heterocycles. The van der Waals surface area contributed by atoms with Gasteiger partial charge in [-0.25, -0.2) is 4.79 Å². The van der Waals surface area contributed by atoms with Crippen molar-refractivity contribution in [2.45, 2.75) is 37.4 Å². The number of hydrogen-bond acceptors (Lipinski definition) is 7. The van der Waals surface area contributed by atoms with Gasteiger partial charge in [-0.05, 0) is 19.4 Å². The highest BCUT2D eigenvalue weighted by molar-refractivity contribution is 8.04. The molecule has 0 radical (unpaired) electrons. The molecule has 0 aromatic heterocycles. The van der Waals surface area contributed by atoms with Gasteiger partial charge in [0.2, 0.25) is 11.6 Å². The second-order valence-electron chi connectivity index (χ2n) is 8.27. The summed E-state index contributed by atoms with van der Waals surface area (Å²) in [6.45, 7) is 2.80. The van der Waals surface area contributed by atoms with Crippen LogP contribution in [0, 0.1) is 0 Å². The van der Waals surface area contributed by atoms with E-state index in [9.17, 15) is 14.4 Å². The molecule has 1 aromatic rings. The Morgan fingerprint density at radius 3 is 2.67 bits per heavy atom. The van der Waals surface area contributed by atoms with Crippen LogP contribution in [0.5, 0.6) is 0 Å². The van der Waals surface area contributed by atoms with Crippen LogP contribution < -0.4 is 5.32 Å². The molecule has 0 bridgehead atoms. The van der Waals surface area contributed by atoms with E-state index in [1.54, 1.807) is 17.0 Å². The van der Waals surface area contributed by atoms with E-state index in [4.69, 9.17) is 9.47 Å². The Labute approximate surface area is 179 Å². The lowest BCUT2D eigenvalue weighted by molar-refractivity contribution is -0.111. The first-order chi connectivity index (χ1) is 14.6. The average Bonchev–Trinajstić information content (AvgIpc) is 2.78. The Balaban J connectivity index is 1.28. The Bertz CT molecular complexity index is 929. The molecule has 158 valence electrons. The van der Waals surface area contributed by atoms with Gasteiger partial charge >= 0.3 is 6.09 Å². The predicted molar refractivity (Wildman–Crippen MR) is 112 cm³/mol. The summed E-state index contributed by atoms with van der Waals surface area (Å²) in [5.74, 6) is 0.176. The van der Waals surface area contributed by atoms with Crippen LogP contribution in [0.4, 0.5) is 4.79 Å². The van der Waals surface area contributed by atoms with E-state index in [0.29, 0.717) is 60.0 Å². The zero-order chi connectivity index (χ0) is 20.7. The van der Waals surface area contributed by atoms with Crippen molar-refractivity contribution in [1.82, 2.24) is 10.2 Å². The highest BCUT2D eigenvalue weighted by Crippen LogP contribution is 2.47. The quantitative estimate of drug-likeness (QED) is 0.688. The lowest BCUT2D eigenvalue weighted by Gasteiger charge is -2.45. The fourth-order valence-electron chi connectivity index (χ4n) is 4.49. The second kappa shape index (κ2) is 7.74. The maximum Gasteiger partial charge on any atom is 0.410 e. The van der Waals surface area contributed by atoms with Gasteiger partial charge in [-0.15, -0.1) is 11.8 Å². The topological polar surface area (TPSA) is 84.9 Å². The van der Waals surface area contributed by atoms with Crippen LogP contribution in [0.25, 0.3) is 5.76 Å². The standard InChI is InChI=1S/C22H24N2O5S/c25-17-15-5-1-2-6-16(15)19-20(18(17)26)30-13-22(29-19)7-10-24(11-8-22)21(27)28-14-4-3-9-23-12-14/h1-2,5-6,14,23H,3-4,7-13H2. The summed E-state index contributed by atoms with van der Waals surface area (Å²) in [6, 6.07) is 7.11. The summed E-state index contributed by atoms with van der Waals surface area (Å²) in [5, 5.41) is 3.26. The number of carbonyl (C=O) groups excluding carboxylic acids is 3. The number of benzene rings is 1. The molecule has 2 fully saturated rings. The number of amides is 1. The molecular weight excluding hydrogens is 404 g/mol. The van der Waals surface area contributed by atoms with E-state index in [0.717, 1.165) is 19.4 Å². The van der Waals surface area contributed by atoms with Gasteiger partial charge in [-0.2, -0.15) is 0 Å². The number of ketones is 2. The molecule has 7 nitrogen and oxygen atoms in total. The van der Waals surface area contributed by atoms with Crippen LogP contribution in [0.3, 0.4) is 0 Å². The van der Waals surface area contributed by atoms with Crippen LogP contribution in [0.1, 0.15) is 41.6 Å². The molecule has 1 aliphatic carbocycles. The van der Waals surface area contributed by atoms with Crippen LogP contribution >= 0.6 is 11.8 Å². The lowest BCUT2D eigenvalue weighted by Crippen LogP contribution is -2.51. The van der Waals surface area contributed by atoms with Crippen molar-refractivity contribution in [2.75, 3.05) is 31.9 Å². The number of nitrogens with zero attached hydrogens (tertiary/aromatic N) is 1. The molecule has 8 heteroatoms. The van der Waals surface area contributed by atoms with E-state index in [1.807, 2.05) is 12.1 Å². The van der Waals surface area contributed by atoms with Crippen LogP contribution in [0.15, 0.2) is 29.2 Å². The second-order valence-corrected chi connectivity index (χ2v) is 9.26. The van der Waals surface area contributed by atoms with Gasteiger partial charge in [0.25, 0.3) is 0 Å². The largest absolute Gasteiger partial charge is 0.484 e. The predicted octanol–water partition coefficient (Wildman–Crippen LogP) is 2.61. The zero-order valence-electron chi connectivity index (χ0n) is 16.6. The van der Waals surface area contributed by atoms with Gasteiger partial charge < -0.3 is 19.7 Å². The molecule has 1 N–H and O–H groups in total. The number of piperidine rings is 2. The number of carbonyl (C=O) groups is 3. The first-order valence-electron chi connectivity index (χ1n) is 10.5. The highest BCUT2D eigenvalue weighted by Gasteiger charge is 2.46. The Morgan fingerprint density at radius 1 is 1.17 bits per heavy atom. The molecule has 2 saturated heterocycles. The summed E-state index contributed by atoms with van der Waals surface area (Å²) >= 11 is 1.41. The minimum atomic E-state index is -0.481. The summed E-state index contributed by atoms with van der Waals surface area (Å²) in [7, 11) is 0. The monoisotopic (exact) mass is 428 g/mol. The smallest absolute Gasteiger partial charge is 0.410 e. The summed E-state index contributed by atoms with van der Waals surface area (Å²) in [4.78, 5) is 39.7. The molecule has 0 saturated carbocycles. The van der Waals surface area contributed by atoms with Crippen LogP contribution in [-0.2, 0) is 14.3 Å². The molecular formula is C22H24N2O5S. The van der Waals surface area contributed by atoms with Crippen molar-refractivity contribution in [1.29, 1.82) is 0 Å². The van der Waals surface area contributed by atoms with Crippen molar-refractivity contribution in [2.24, 2.45) is 0 Å². The fraction of sp³-hybridized carbons (Fsp3) is 0.500. The number of likely N-dealkylation sites (tertiary alicyclic amines) is 1. The molecule has 1 unspecified atom stereocenters. The van der Waals surface area contributed by atoms with Crippen molar-refractivity contribution in [3.8, 4) is 0 Å². The summed E-state index contributed by atoms with van der Waals surface area (Å²) in [5.41, 5.74) is 0.650. The van der Waals surface area contributed by atoms with Crippen molar-refractivity contribution >= 4 is 35.2 Å². The Kier molecular flexibility index (Phi) is 5.06. The van der Waals surface area contributed by atoms with E-state index < -0.39 is 17.2 Å². The fourth-order valence-corrected chi connectivity index (χ4v) is 5.75. The van der Waals surface area contributed by atoms with Gasteiger partial charge in [0.1, 0.15) is 22.4 Å². The van der Waals surface area contributed by atoms with Crippen LogP contribution in [0.2, 0.25) is 0 Å². The minimum Gasteiger partial charge on any atom is -0.484 e. The third-order valence-corrected chi connectivity index (χ3v) is 7.62. The number of ether oxygens (including phenoxy) is 2. The number of allylic oxidation sites excluding steroid dienone is 1. The van der Waals surface area contributed by atoms with Gasteiger partial charge in [0.15, 0.2) is 0 Å². The van der Waals surface area contributed by atoms with E-state index in [1.165, 1.54) is 11.8 Å². The van der Waals surface area contributed by atoms with E-state index in [2.05, 4.69) is 5.32 Å².